The summed E-state index contributed by atoms with van der Waals surface area (Å²) in [7, 11) is -3.05. The monoisotopic (exact) mass is 254 g/mol. The summed E-state index contributed by atoms with van der Waals surface area (Å²) in [5.74, 6) is -0.488. The number of carbonyl (C=O) groups excluding carboxylic acids is 1. The highest BCUT2D eigenvalue weighted by Gasteiger charge is 2.34. The van der Waals surface area contributed by atoms with Crippen molar-refractivity contribution in [3.63, 3.8) is 0 Å². The Balaban J connectivity index is 2.29. The van der Waals surface area contributed by atoms with E-state index in [2.05, 4.69) is 4.98 Å². The van der Waals surface area contributed by atoms with Crippen molar-refractivity contribution in [2.75, 3.05) is 17.2 Å². The third-order valence-corrected chi connectivity index (χ3v) is 4.69. The number of anilines is 1. The summed E-state index contributed by atoms with van der Waals surface area (Å²) in [4.78, 5) is 16.0. The van der Waals surface area contributed by atoms with Crippen molar-refractivity contribution in [2.24, 2.45) is 5.92 Å². The van der Waals surface area contributed by atoms with Crippen LogP contribution >= 0.6 is 0 Å². The van der Waals surface area contributed by atoms with Crippen LogP contribution in [0.4, 0.5) is 5.82 Å². The van der Waals surface area contributed by atoms with Gasteiger partial charge in [0.1, 0.15) is 5.82 Å². The molecule has 92 valence electrons. The Morgan fingerprint density at radius 3 is 2.82 bits per heavy atom. The van der Waals surface area contributed by atoms with E-state index in [1.54, 1.807) is 12.3 Å². The van der Waals surface area contributed by atoms with E-state index in [0.29, 0.717) is 12.0 Å². The maximum absolute atomic E-state index is 12.1. The van der Waals surface area contributed by atoms with Crippen LogP contribution in [-0.2, 0) is 9.84 Å². The van der Waals surface area contributed by atoms with Gasteiger partial charge in [-0.3, -0.25) is 4.79 Å². The number of aromatic nitrogens is 1. The number of hydrogen-bond acceptors (Lipinski definition) is 5. The van der Waals surface area contributed by atoms with E-state index >= 15 is 0 Å². The molecular formula is C11H14N2O3S. The Hall–Kier alpha value is -1.43. The molecule has 0 bridgehead atoms. The van der Waals surface area contributed by atoms with Crippen LogP contribution in [0.25, 0.3) is 0 Å². The van der Waals surface area contributed by atoms with Crippen LogP contribution in [-0.4, -0.2) is 30.7 Å². The minimum Gasteiger partial charge on any atom is -0.383 e. The molecule has 1 aliphatic heterocycles. The van der Waals surface area contributed by atoms with Crippen molar-refractivity contribution in [1.29, 1.82) is 0 Å². The van der Waals surface area contributed by atoms with Crippen molar-refractivity contribution >= 4 is 21.4 Å². The zero-order valence-corrected chi connectivity index (χ0v) is 10.3. The lowest BCUT2D eigenvalue weighted by Gasteiger charge is -2.09. The van der Waals surface area contributed by atoms with E-state index in [9.17, 15) is 13.2 Å². The van der Waals surface area contributed by atoms with Gasteiger partial charge in [-0.2, -0.15) is 0 Å². The molecule has 6 heteroatoms. The molecule has 17 heavy (non-hydrogen) atoms. The maximum atomic E-state index is 12.1. The molecule has 2 rings (SSSR count). The number of ketones is 1. The summed E-state index contributed by atoms with van der Waals surface area (Å²) in [6.45, 7) is 1.81. The number of carbonyl (C=O) groups is 1. The van der Waals surface area contributed by atoms with Gasteiger partial charge in [-0.1, -0.05) is 0 Å². The van der Waals surface area contributed by atoms with Crippen molar-refractivity contribution in [1.82, 2.24) is 4.98 Å². The fourth-order valence-corrected chi connectivity index (χ4v) is 3.74. The quantitative estimate of drug-likeness (QED) is 0.780. The van der Waals surface area contributed by atoms with Gasteiger partial charge in [0.25, 0.3) is 0 Å². The fourth-order valence-electron chi connectivity index (χ4n) is 2.00. The lowest BCUT2D eigenvalue weighted by Crippen LogP contribution is -2.18. The molecule has 2 N–H and O–H groups in total. The Bertz CT molecular complexity index is 566. The summed E-state index contributed by atoms with van der Waals surface area (Å²) in [5.41, 5.74) is 6.82. The molecular weight excluding hydrogens is 240 g/mol. The molecule has 0 radical (unpaired) electrons. The van der Waals surface area contributed by atoms with Crippen molar-refractivity contribution in [3.05, 3.63) is 23.4 Å². The molecule has 1 saturated heterocycles. The third kappa shape index (κ3) is 2.46. The zero-order valence-electron chi connectivity index (χ0n) is 9.51. The van der Waals surface area contributed by atoms with E-state index in [0.717, 1.165) is 5.56 Å². The molecule has 2 heterocycles. The Labute approximate surface area is 100.0 Å². The van der Waals surface area contributed by atoms with Crippen LogP contribution in [0.3, 0.4) is 0 Å². The summed E-state index contributed by atoms with van der Waals surface area (Å²) in [5, 5.41) is 0. The number of hydrogen-bond donors (Lipinski definition) is 1. The van der Waals surface area contributed by atoms with Gasteiger partial charge < -0.3 is 5.73 Å². The van der Waals surface area contributed by atoms with Gasteiger partial charge in [-0.25, -0.2) is 13.4 Å². The molecule has 1 unspecified atom stereocenters. The van der Waals surface area contributed by atoms with Gasteiger partial charge in [0.2, 0.25) is 0 Å². The van der Waals surface area contributed by atoms with Crippen LogP contribution < -0.4 is 5.73 Å². The molecule has 0 aliphatic carbocycles. The number of sulfone groups is 1. The lowest BCUT2D eigenvalue weighted by molar-refractivity contribution is 0.0934. The first-order chi connectivity index (χ1) is 7.89. The van der Waals surface area contributed by atoms with Crippen LogP contribution in [0.2, 0.25) is 0 Å². The molecule has 1 atom stereocenters. The summed E-state index contributed by atoms with van der Waals surface area (Å²) in [6, 6.07) is 1.66. The Morgan fingerprint density at radius 1 is 1.53 bits per heavy atom. The van der Waals surface area contributed by atoms with Crippen LogP contribution in [0.15, 0.2) is 12.3 Å². The van der Waals surface area contributed by atoms with Crippen LogP contribution in [0.1, 0.15) is 22.3 Å². The van der Waals surface area contributed by atoms with Gasteiger partial charge in [0.05, 0.1) is 17.1 Å². The first-order valence-electron chi connectivity index (χ1n) is 5.36. The summed E-state index contributed by atoms with van der Waals surface area (Å²) in [6.07, 6.45) is 1.96. The topological polar surface area (TPSA) is 90.1 Å². The highest BCUT2D eigenvalue weighted by molar-refractivity contribution is 7.91. The van der Waals surface area contributed by atoms with E-state index in [4.69, 9.17) is 5.73 Å². The molecule has 0 spiro atoms. The molecule has 1 aliphatic rings. The minimum absolute atomic E-state index is 0.0702. The van der Waals surface area contributed by atoms with Gasteiger partial charge in [0, 0.05) is 12.1 Å². The first kappa shape index (κ1) is 12.0. The van der Waals surface area contributed by atoms with Crippen molar-refractivity contribution in [3.8, 4) is 0 Å². The van der Waals surface area contributed by atoms with E-state index in [1.165, 1.54) is 0 Å². The number of Topliss-reactive ketones (excluding diaryl/α,β-unsaturated/α-hetero) is 1. The molecule has 5 nitrogen and oxygen atoms in total. The number of nitrogens with zero attached hydrogens (tertiary/aromatic N) is 1. The average Bonchev–Trinajstić information content (AvgIpc) is 2.61. The summed E-state index contributed by atoms with van der Waals surface area (Å²) >= 11 is 0. The molecule has 1 fully saturated rings. The predicted octanol–water partition coefficient (Wildman–Crippen LogP) is 0.590. The SMILES string of the molecule is Cc1cnc(N)c(C(=O)C2CCS(=O)(=O)C2)c1. The smallest absolute Gasteiger partial charge is 0.170 e. The van der Waals surface area contributed by atoms with Gasteiger partial charge in [-0.15, -0.1) is 0 Å². The fraction of sp³-hybridized carbons (Fsp3) is 0.455. The molecule has 0 aromatic carbocycles. The highest BCUT2D eigenvalue weighted by Crippen LogP contribution is 2.24. The molecule has 0 saturated carbocycles. The molecule has 1 aromatic heterocycles. The standard InChI is InChI=1S/C11H14N2O3S/c1-7-4-9(11(12)13-5-7)10(14)8-2-3-17(15,16)6-8/h4-5,8H,2-3,6H2,1H3,(H2,12,13). The largest absolute Gasteiger partial charge is 0.383 e. The van der Waals surface area contributed by atoms with Gasteiger partial charge >= 0.3 is 0 Å². The molecule has 0 amide bonds. The van der Waals surface area contributed by atoms with Gasteiger partial charge in [0.15, 0.2) is 15.6 Å². The maximum Gasteiger partial charge on any atom is 0.170 e. The zero-order chi connectivity index (χ0) is 12.6. The second kappa shape index (κ2) is 4.10. The number of aryl methyl sites for hydroxylation is 1. The van der Waals surface area contributed by atoms with Crippen LogP contribution in [0.5, 0.6) is 0 Å². The number of nitrogens with two attached hydrogens (primary N) is 1. The lowest BCUT2D eigenvalue weighted by atomic mass is 9.97. The van der Waals surface area contributed by atoms with E-state index in [1.807, 2.05) is 6.92 Å². The minimum atomic E-state index is -3.05. The number of nitrogen functional groups attached to an aromatic ring is 1. The third-order valence-electron chi connectivity index (χ3n) is 2.92. The second-order valence-electron chi connectivity index (χ2n) is 4.41. The number of rotatable bonds is 2. The van der Waals surface area contributed by atoms with E-state index in [-0.39, 0.29) is 23.1 Å². The normalized spacial score (nSPS) is 22.5. The average molecular weight is 254 g/mol. The first-order valence-corrected chi connectivity index (χ1v) is 7.18. The van der Waals surface area contributed by atoms with Gasteiger partial charge in [-0.05, 0) is 25.0 Å². The highest BCUT2D eigenvalue weighted by atomic mass is 32.2. The number of pyridine rings is 1. The van der Waals surface area contributed by atoms with Crippen molar-refractivity contribution in [2.45, 2.75) is 13.3 Å². The van der Waals surface area contributed by atoms with E-state index < -0.39 is 15.8 Å². The molecule has 1 aromatic rings. The van der Waals surface area contributed by atoms with Crippen LogP contribution in [0, 0.1) is 12.8 Å². The van der Waals surface area contributed by atoms with Crippen molar-refractivity contribution < 1.29 is 13.2 Å². The Morgan fingerprint density at radius 2 is 2.24 bits per heavy atom. The summed E-state index contributed by atoms with van der Waals surface area (Å²) < 4.78 is 22.7. The Kier molecular flexibility index (Phi) is 2.91. The second-order valence-corrected chi connectivity index (χ2v) is 6.64. The predicted molar refractivity (Wildman–Crippen MR) is 64.5 cm³/mol.